The van der Waals surface area contributed by atoms with Gasteiger partial charge in [0.05, 0.1) is 11.5 Å². The molecule has 0 saturated carbocycles. The molecule has 8 nitrogen and oxygen atoms in total. The van der Waals surface area contributed by atoms with Gasteiger partial charge in [0.25, 0.3) is 5.69 Å². The summed E-state index contributed by atoms with van der Waals surface area (Å²) in [4.78, 5) is 23.6. The summed E-state index contributed by atoms with van der Waals surface area (Å²) in [6.45, 7) is 2.78. The number of hydrogen-bond donors (Lipinski definition) is 0. The van der Waals surface area contributed by atoms with Crippen molar-refractivity contribution in [1.82, 2.24) is 9.21 Å². The second-order valence-electron chi connectivity index (χ2n) is 4.66. The van der Waals surface area contributed by atoms with Gasteiger partial charge in [0.15, 0.2) is 0 Å². The van der Waals surface area contributed by atoms with Crippen molar-refractivity contribution < 1.29 is 19.2 Å². The van der Waals surface area contributed by atoms with Crippen LogP contribution < -0.4 is 4.74 Å². The van der Waals surface area contributed by atoms with E-state index >= 15 is 0 Å². The van der Waals surface area contributed by atoms with E-state index in [0.717, 1.165) is 0 Å². The average molecular weight is 339 g/mol. The lowest BCUT2D eigenvalue weighted by Gasteiger charge is -2.27. The molecule has 0 spiro atoms. The second kappa shape index (κ2) is 7.73. The Morgan fingerprint density at radius 1 is 1.35 bits per heavy atom. The topological polar surface area (TPSA) is 85.2 Å². The van der Waals surface area contributed by atoms with Crippen LogP contribution in [0.25, 0.3) is 0 Å². The van der Waals surface area contributed by atoms with Crippen LogP contribution in [-0.2, 0) is 4.74 Å². The van der Waals surface area contributed by atoms with Crippen molar-refractivity contribution in [1.29, 1.82) is 0 Å². The molecule has 0 aliphatic carbocycles. The zero-order chi connectivity index (χ0) is 16.8. The number of nitro groups is 1. The highest BCUT2D eigenvalue weighted by Gasteiger charge is 2.21. The van der Waals surface area contributed by atoms with E-state index in [0.29, 0.717) is 6.54 Å². The van der Waals surface area contributed by atoms with Crippen molar-refractivity contribution in [2.45, 2.75) is 13.1 Å². The van der Waals surface area contributed by atoms with E-state index in [1.54, 1.807) is 11.9 Å². The van der Waals surface area contributed by atoms with Crippen LogP contribution in [0.15, 0.2) is 36.7 Å². The highest BCUT2D eigenvalue weighted by Crippen LogP contribution is 2.21. The highest BCUT2D eigenvalue weighted by atomic mass is 32.2. The molecule has 0 bridgehead atoms. The van der Waals surface area contributed by atoms with Gasteiger partial charge in [-0.25, -0.2) is 4.79 Å². The van der Waals surface area contributed by atoms with Crippen LogP contribution in [0.5, 0.6) is 5.75 Å². The number of carbonyl (C=O) groups excluding carboxylic acids is 1. The summed E-state index contributed by atoms with van der Waals surface area (Å²) in [7, 11) is 0. The first-order chi connectivity index (χ1) is 11.0. The molecule has 1 aromatic rings. The maximum atomic E-state index is 11.6. The van der Waals surface area contributed by atoms with Gasteiger partial charge in [0.1, 0.15) is 18.5 Å². The molecule has 1 aromatic carbocycles. The molecule has 0 N–H and O–H groups in total. The zero-order valence-corrected chi connectivity index (χ0v) is 13.6. The van der Waals surface area contributed by atoms with E-state index in [-0.39, 0.29) is 24.2 Å². The molecule has 1 aliphatic rings. The van der Waals surface area contributed by atoms with Crippen LogP contribution >= 0.6 is 11.9 Å². The van der Waals surface area contributed by atoms with Crippen LogP contribution in [0.3, 0.4) is 0 Å². The number of carbonyl (C=O) groups is 1. The van der Waals surface area contributed by atoms with Crippen LogP contribution in [0.1, 0.15) is 6.92 Å². The van der Waals surface area contributed by atoms with Crippen LogP contribution in [-0.4, -0.2) is 45.9 Å². The summed E-state index contributed by atoms with van der Waals surface area (Å²) in [6.07, 6.45) is 5.25. The summed E-state index contributed by atoms with van der Waals surface area (Å²) < 4.78 is 12.0. The number of rotatable bonds is 6. The largest absolute Gasteiger partial charge is 0.513 e. The maximum Gasteiger partial charge on any atom is 0.513 e. The Balaban J connectivity index is 1.73. The molecule has 9 heteroatoms. The molecule has 1 heterocycles. The van der Waals surface area contributed by atoms with Gasteiger partial charge in [0, 0.05) is 30.8 Å². The molecule has 0 radical (unpaired) electrons. The van der Waals surface area contributed by atoms with Crippen LogP contribution in [0.2, 0.25) is 0 Å². The first-order valence-corrected chi connectivity index (χ1v) is 8.05. The van der Waals surface area contributed by atoms with Crippen molar-refractivity contribution in [3.63, 3.8) is 0 Å². The van der Waals surface area contributed by atoms with Gasteiger partial charge in [-0.05, 0) is 19.1 Å². The number of hydrogen-bond acceptors (Lipinski definition) is 8. The second-order valence-corrected chi connectivity index (χ2v) is 5.45. The molecule has 1 atom stereocenters. The normalized spacial score (nSPS) is 16.5. The molecule has 2 rings (SSSR count). The Labute approximate surface area is 137 Å². The third-order valence-electron chi connectivity index (χ3n) is 3.28. The molecule has 1 aliphatic heterocycles. The van der Waals surface area contributed by atoms with Gasteiger partial charge in [-0.2, -0.15) is 0 Å². The quantitative estimate of drug-likeness (QED) is 0.257. The predicted molar refractivity (Wildman–Crippen MR) is 85.7 cm³/mol. The third kappa shape index (κ3) is 4.52. The minimum atomic E-state index is -0.837. The number of benzene rings is 1. The van der Waals surface area contributed by atoms with Gasteiger partial charge in [-0.3, -0.25) is 10.1 Å². The Morgan fingerprint density at radius 2 is 2.04 bits per heavy atom. The lowest BCUT2D eigenvalue weighted by molar-refractivity contribution is -0.384. The number of non-ortho nitro benzene ring substituents is 1. The average Bonchev–Trinajstić information content (AvgIpc) is 2.88. The van der Waals surface area contributed by atoms with Crippen molar-refractivity contribution in [3.05, 3.63) is 46.8 Å². The molecule has 0 saturated heterocycles. The molecule has 1 unspecified atom stereocenters. The highest BCUT2D eigenvalue weighted by molar-refractivity contribution is 7.96. The molecule has 0 fully saturated rings. The molecule has 124 valence electrons. The molecule has 0 aromatic heterocycles. The van der Waals surface area contributed by atoms with Crippen molar-refractivity contribution >= 4 is 23.8 Å². The zero-order valence-electron chi connectivity index (χ0n) is 12.7. The minimum Gasteiger partial charge on any atom is -0.432 e. The lowest BCUT2D eigenvalue weighted by Crippen LogP contribution is -2.34. The van der Waals surface area contributed by atoms with Gasteiger partial charge >= 0.3 is 6.16 Å². The summed E-state index contributed by atoms with van der Waals surface area (Å²) in [6, 6.07) is 5.22. The fraction of sp³-hybridized carbons (Fsp3) is 0.357. The summed E-state index contributed by atoms with van der Waals surface area (Å²) >= 11 is 1.61. The first kappa shape index (κ1) is 16.9. The Morgan fingerprint density at radius 3 is 2.61 bits per heavy atom. The predicted octanol–water partition coefficient (Wildman–Crippen LogP) is 2.82. The lowest BCUT2D eigenvalue weighted by atomic mass is 10.3. The van der Waals surface area contributed by atoms with E-state index in [9.17, 15) is 14.9 Å². The number of ether oxygens (including phenoxy) is 2. The van der Waals surface area contributed by atoms with Crippen molar-refractivity contribution in [2.75, 3.05) is 19.4 Å². The smallest absolute Gasteiger partial charge is 0.432 e. The third-order valence-corrected chi connectivity index (χ3v) is 4.13. The van der Waals surface area contributed by atoms with Crippen molar-refractivity contribution in [3.8, 4) is 5.75 Å². The molecular formula is C14H17N3O5S. The maximum absolute atomic E-state index is 11.6. The fourth-order valence-electron chi connectivity index (χ4n) is 2.02. The first-order valence-electron chi connectivity index (χ1n) is 6.87. The Hall–Kier alpha value is -2.42. The number of nitrogens with zero attached hydrogens (tertiary/aromatic N) is 3. The van der Waals surface area contributed by atoms with Crippen molar-refractivity contribution in [2.24, 2.45) is 0 Å². The fourth-order valence-corrected chi connectivity index (χ4v) is 2.62. The van der Waals surface area contributed by atoms with Crippen LogP contribution in [0.4, 0.5) is 10.5 Å². The molecular weight excluding hydrogens is 322 g/mol. The van der Waals surface area contributed by atoms with Gasteiger partial charge in [-0.1, -0.05) is 11.9 Å². The standard InChI is InChI=1S/C14H17N3O5S/c1-11-15(7-8-16(11)23-2)9-10-21-14(18)22-13-5-3-12(4-6-13)17(19)20/h3-8,11H,9-10H2,1-2H3. The molecule has 0 amide bonds. The van der Waals surface area contributed by atoms with Gasteiger partial charge in [0.2, 0.25) is 0 Å². The SMILES string of the molecule is CSN1C=CN(CCOC(=O)Oc2ccc([N+](=O)[O-])cc2)C1C. The number of nitro benzene ring substituents is 1. The van der Waals surface area contributed by atoms with Gasteiger partial charge < -0.3 is 18.7 Å². The summed E-state index contributed by atoms with van der Waals surface area (Å²) in [5.41, 5.74) is -0.0705. The van der Waals surface area contributed by atoms with E-state index in [1.807, 2.05) is 30.5 Å². The van der Waals surface area contributed by atoms with Gasteiger partial charge in [-0.15, -0.1) is 0 Å². The van der Waals surface area contributed by atoms with E-state index < -0.39 is 11.1 Å². The van der Waals surface area contributed by atoms with E-state index in [4.69, 9.17) is 9.47 Å². The van der Waals surface area contributed by atoms with Crippen LogP contribution in [0, 0.1) is 10.1 Å². The Kier molecular flexibility index (Phi) is 5.69. The van der Waals surface area contributed by atoms with E-state index in [2.05, 4.69) is 4.31 Å². The summed E-state index contributed by atoms with van der Waals surface area (Å²) in [5.74, 6) is 0.198. The van der Waals surface area contributed by atoms with E-state index in [1.165, 1.54) is 24.3 Å². The molecule has 23 heavy (non-hydrogen) atoms. The monoisotopic (exact) mass is 339 g/mol. The minimum absolute atomic E-state index is 0.0705. The Bertz CT molecular complexity index is 593. The summed E-state index contributed by atoms with van der Waals surface area (Å²) in [5, 5.41) is 10.5.